The van der Waals surface area contributed by atoms with E-state index in [1.54, 1.807) is 6.20 Å². The van der Waals surface area contributed by atoms with Crippen LogP contribution in [0.5, 0.6) is 0 Å². The van der Waals surface area contributed by atoms with Crippen molar-refractivity contribution in [2.75, 3.05) is 18.1 Å². The fraction of sp³-hybridized carbons (Fsp3) is 0.389. The number of anilines is 1. The number of ether oxygens (including phenoxy) is 1. The molecule has 0 bridgehead atoms. The number of nitrogens with zero attached hydrogens (tertiary/aromatic N) is 2. The maximum atomic E-state index is 14.2. The molecule has 1 saturated heterocycles. The first-order chi connectivity index (χ1) is 11.7. The van der Waals surface area contributed by atoms with Crippen molar-refractivity contribution in [1.29, 1.82) is 0 Å². The normalized spacial score (nSPS) is 20.8. The summed E-state index contributed by atoms with van der Waals surface area (Å²) in [5.41, 5.74) is 1.28. The molecule has 24 heavy (non-hydrogen) atoms. The molecule has 2 aliphatic heterocycles. The van der Waals surface area contributed by atoms with Crippen LogP contribution in [0, 0.1) is 11.6 Å². The van der Waals surface area contributed by atoms with Crippen LogP contribution >= 0.6 is 0 Å². The molecular formula is C18H19F2N3O. The molecule has 0 unspecified atom stereocenters. The molecule has 126 valence electrons. The minimum absolute atomic E-state index is 0.205. The molecule has 0 amide bonds. The molecule has 1 aromatic heterocycles. The van der Waals surface area contributed by atoms with Crippen molar-refractivity contribution in [2.45, 2.75) is 31.7 Å². The van der Waals surface area contributed by atoms with E-state index >= 15 is 0 Å². The number of hydrogen-bond donors (Lipinski definition) is 1. The molecule has 0 saturated carbocycles. The zero-order valence-corrected chi connectivity index (χ0v) is 13.3. The van der Waals surface area contributed by atoms with Crippen LogP contribution in [0.3, 0.4) is 0 Å². The van der Waals surface area contributed by atoms with Crippen LogP contribution in [-0.2, 0) is 4.74 Å². The summed E-state index contributed by atoms with van der Waals surface area (Å²) in [6.07, 6.45) is 7.48. The first kappa shape index (κ1) is 15.2. The summed E-state index contributed by atoms with van der Waals surface area (Å²) in [7, 11) is 0. The number of benzene rings is 1. The summed E-state index contributed by atoms with van der Waals surface area (Å²) >= 11 is 0. The summed E-state index contributed by atoms with van der Waals surface area (Å²) in [4.78, 5) is 2.07. The first-order valence-corrected chi connectivity index (χ1v) is 8.32. The highest BCUT2D eigenvalue weighted by molar-refractivity contribution is 5.71. The lowest BCUT2D eigenvalue weighted by Crippen LogP contribution is -2.25. The van der Waals surface area contributed by atoms with Gasteiger partial charge in [0.05, 0.1) is 24.4 Å². The topological polar surface area (TPSA) is 41.2 Å². The van der Waals surface area contributed by atoms with E-state index in [1.807, 2.05) is 0 Å². The van der Waals surface area contributed by atoms with Crippen LogP contribution < -0.4 is 4.90 Å². The molecule has 1 N–H and O–H groups in total. The monoisotopic (exact) mass is 331 g/mol. The Kier molecular flexibility index (Phi) is 3.96. The van der Waals surface area contributed by atoms with E-state index in [0.29, 0.717) is 12.2 Å². The molecule has 1 atom stereocenters. The first-order valence-electron chi connectivity index (χ1n) is 8.32. The zero-order valence-electron chi connectivity index (χ0n) is 13.3. The van der Waals surface area contributed by atoms with E-state index < -0.39 is 5.82 Å². The Morgan fingerprint density at radius 2 is 2.17 bits per heavy atom. The number of nitrogens with one attached hydrogen (secondary N) is 1. The van der Waals surface area contributed by atoms with Gasteiger partial charge in [0.2, 0.25) is 0 Å². The Balaban J connectivity index is 1.70. The number of aromatic amines is 1. The van der Waals surface area contributed by atoms with Gasteiger partial charge in [-0.2, -0.15) is 5.10 Å². The molecule has 2 aromatic rings. The predicted octanol–water partition coefficient (Wildman–Crippen LogP) is 4.18. The molecule has 6 heteroatoms. The summed E-state index contributed by atoms with van der Waals surface area (Å²) in [6.45, 7) is 1.46. The summed E-state index contributed by atoms with van der Waals surface area (Å²) in [5.74, 6) is 0.841. The average Bonchev–Trinajstić information content (AvgIpc) is 3.26. The number of rotatable bonds is 3. The van der Waals surface area contributed by atoms with Gasteiger partial charge in [-0.25, -0.2) is 8.78 Å². The number of aromatic nitrogens is 2. The van der Waals surface area contributed by atoms with Crippen molar-refractivity contribution in [3.8, 4) is 0 Å². The second-order valence-electron chi connectivity index (χ2n) is 6.21. The second-order valence-corrected chi connectivity index (χ2v) is 6.21. The van der Waals surface area contributed by atoms with Gasteiger partial charge in [0.25, 0.3) is 0 Å². The maximum Gasteiger partial charge on any atom is 0.135 e. The Bertz CT molecular complexity index is 771. The predicted molar refractivity (Wildman–Crippen MR) is 87.4 cm³/mol. The SMILES string of the molecule is Fc1ccc(F)c([C@H]2CCCN2c2[nH]ncc2C2=CCCCO2)c1. The van der Waals surface area contributed by atoms with Gasteiger partial charge in [-0.15, -0.1) is 0 Å². The Hall–Kier alpha value is -2.37. The van der Waals surface area contributed by atoms with Crippen molar-refractivity contribution in [3.63, 3.8) is 0 Å². The zero-order chi connectivity index (χ0) is 16.5. The highest BCUT2D eigenvalue weighted by Crippen LogP contribution is 2.40. The second kappa shape index (κ2) is 6.26. The summed E-state index contributed by atoms with van der Waals surface area (Å²) in [6, 6.07) is 3.44. The summed E-state index contributed by atoms with van der Waals surface area (Å²) in [5, 5.41) is 7.17. The molecule has 1 aromatic carbocycles. The van der Waals surface area contributed by atoms with Crippen LogP contribution in [0.1, 0.15) is 42.9 Å². The lowest BCUT2D eigenvalue weighted by Gasteiger charge is -2.27. The third-order valence-corrected chi connectivity index (χ3v) is 4.68. The quantitative estimate of drug-likeness (QED) is 0.917. The van der Waals surface area contributed by atoms with E-state index in [0.717, 1.165) is 55.4 Å². The molecule has 4 rings (SSSR count). The van der Waals surface area contributed by atoms with Gasteiger partial charge in [0.1, 0.15) is 23.2 Å². The number of halogens is 2. The van der Waals surface area contributed by atoms with Gasteiger partial charge in [0, 0.05) is 12.1 Å². The van der Waals surface area contributed by atoms with Crippen molar-refractivity contribution < 1.29 is 13.5 Å². The minimum atomic E-state index is -0.415. The van der Waals surface area contributed by atoms with Crippen molar-refractivity contribution in [2.24, 2.45) is 0 Å². The minimum Gasteiger partial charge on any atom is -0.493 e. The van der Waals surface area contributed by atoms with E-state index in [-0.39, 0.29) is 11.9 Å². The Morgan fingerprint density at radius 3 is 3.00 bits per heavy atom. The van der Waals surface area contributed by atoms with Gasteiger partial charge in [-0.3, -0.25) is 5.10 Å². The van der Waals surface area contributed by atoms with E-state index in [4.69, 9.17) is 4.74 Å². The summed E-state index contributed by atoms with van der Waals surface area (Å²) < 4.78 is 33.6. The van der Waals surface area contributed by atoms with E-state index in [2.05, 4.69) is 21.2 Å². The molecule has 0 spiro atoms. The number of H-pyrrole nitrogens is 1. The van der Waals surface area contributed by atoms with Crippen molar-refractivity contribution >= 4 is 11.6 Å². The number of hydrogen-bond acceptors (Lipinski definition) is 3. The largest absolute Gasteiger partial charge is 0.493 e. The third-order valence-electron chi connectivity index (χ3n) is 4.68. The molecule has 1 fully saturated rings. The molecule has 3 heterocycles. The van der Waals surface area contributed by atoms with Crippen molar-refractivity contribution in [3.05, 3.63) is 53.2 Å². The smallest absolute Gasteiger partial charge is 0.135 e. The van der Waals surface area contributed by atoms with E-state index in [9.17, 15) is 8.78 Å². The van der Waals surface area contributed by atoms with Crippen LogP contribution in [-0.4, -0.2) is 23.3 Å². The highest BCUT2D eigenvalue weighted by atomic mass is 19.1. The highest BCUT2D eigenvalue weighted by Gasteiger charge is 2.32. The van der Waals surface area contributed by atoms with Crippen LogP contribution in [0.25, 0.3) is 5.76 Å². The van der Waals surface area contributed by atoms with Crippen LogP contribution in [0.15, 0.2) is 30.5 Å². The van der Waals surface area contributed by atoms with Gasteiger partial charge < -0.3 is 9.64 Å². The molecule has 0 radical (unpaired) electrons. The molecule has 0 aliphatic carbocycles. The molecule has 2 aliphatic rings. The number of allylic oxidation sites excluding steroid dienone is 1. The third kappa shape index (κ3) is 2.66. The molecular weight excluding hydrogens is 312 g/mol. The fourth-order valence-electron chi connectivity index (χ4n) is 3.55. The Morgan fingerprint density at radius 1 is 1.25 bits per heavy atom. The van der Waals surface area contributed by atoms with Crippen LogP contribution in [0.4, 0.5) is 14.6 Å². The van der Waals surface area contributed by atoms with Gasteiger partial charge in [0.15, 0.2) is 0 Å². The lowest BCUT2D eigenvalue weighted by atomic mass is 10.0. The maximum absolute atomic E-state index is 14.2. The van der Waals surface area contributed by atoms with E-state index in [1.165, 1.54) is 12.1 Å². The Labute approximate surface area is 139 Å². The van der Waals surface area contributed by atoms with Crippen LogP contribution in [0.2, 0.25) is 0 Å². The average molecular weight is 331 g/mol. The lowest BCUT2D eigenvalue weighted by molar-refractivity contribution is 0.259. The standard InChI is InChI=1S/C18H19F2N3O/c19-12-6-7-15(20)13(10-12)16-4-3-8-23(16)18-14(11-21-22-18)17-5-1-2-9-24-17/h5-7,10-11,16H,1-4,8-9H2,(H,21,22)/t16-/m1/s1. The van der Waals surface area contributed by atoms with Gasteiger partial charge in [-0.1, -0.05) is 0 Å². The van der Waals surface area contributed by atoms with Gasteiger partial charge >= 0.3 is 0 Å². The van der Waals surface area contributed by atoms with Crippen molar-refractivity contribution in [1.82, 2.24) is 10.2 Å². The fourth-order valence-corrected chi connectivity index (χ4v) is 3.55. The van der Waals surface area contributed by atoms with Gasteiger partial charge in [-0.05, 0) is 50.0 Å². The molecule has 4 nitrogen and oxygen atoms in total.